The van der Waals surface area contributed by atoms with Crippen LogP contribution < -0.4 is 14.8 Å². The van der Waals surface area contributed by atoms with E-state index in [0.29, 0.717) is 17.2 Å². The number of carbonyl (C=O) groups is 2. The number of carboxylic acid groups (broad SMARTS) is 1. The van der Waals surface area contributed by atoms with E-state index < -0.39 is 11.9 Å². The molecule has 1 atom stereocenters. The molecule has 6 heteroatoms. The van der Waals surface area contributed by atoms with Crippen molar-refractivity contribution in [3.63, 3.8) is 0 Å². The van der Waals surface area contributed by atoms with Crippen LogP contribution in [-0.2, 0) is 9.59 Å². The Morgan fingerprint density at radius 3 is 2.83 bits per heavy atom. The molecule has 2 N–H and O–H groups in total. The van der Waals surface area contributed by atoms with Gasteiger partial charge >= 0.3 is 5.97 Å². The van der Waals surface area contributed by atoms with E-state index in [2.05, 4.69) is 5.32 Å². The lowest BCUT2D eigenvalue weighted by molar-refractivity contribution is -0.139. The molecule has 1 aromatic rings. The largest absolute Gasteiger partial charge is 0.481 e. The van der Waals surface area contributed by atoms with Gasteiger partial charge in [-0.05, 0) is 12.1 Å². The van der Waals surface area contributed by atoms with Crippen LogP contribution in [0.4, 0.5) is 5.69 Å². The van der Waals surface area contributed by atoms with Crippen molar-refractivity contribution < 1.29 is 24.2 Å². The first-order valence-corrected chi connectivity index (χ1v) is 5.48. The Morgan fingerprint density at radius 2 is 2.11 bits per heavy atom. The maximum Gasteiger partial charge on any atom is 0.304 e. The van der Waals surface area contributed by atoms with Crippen molar-refractivity contribution in [2.45, 2.75) is 13.3 Å². The number of aliphatic carboxylic acids is 1. The Morgan fingerprint density at radius 1 is 1.39 bits per heavy atom. The molecule has 0 radical (unpaired) electrons. The fraction of sp³-hybridized carbons (Fsp3) is 0.333. The first kappa shape index (κ1) is 12.2. The smallest absolute Gasteiger partial charge is 0.304 e. The third-order valence-corrected chi connectivity index (χ3v) is 2.57. The molecule has 1 aliphatic heterocycles. The summed E-state index contributed by atoms with van der Waals surface area (Å²) in [5.74, 6) is -0.724. The highest BCUT2D eigenvalue weighted by atomic mass is 16.7. The Balaban J connectivity index is 2.01. The SMILES string of the molecule is CC(CC(=O)O)C(=O)Nc1ccc2c(c1)OCO2. The summed E-state index contributed by atoms with van der Waals surface area (Å²) in [7, 11) is 0. The summed E-state index contributed by atoms with van der Waals surface area (Å²) < 4.78 is 10.3. The number of hydrogen-bond donors (Lipinski definition) is 2. The second-order valence-corrected chi connectivity index (χ2v) is 4.06. The summed E-state index contributed by atoms with van der Waals surface area (Å²) in [6.45, 7) is 1.73. The van der Waals surface area contributed by atoms with Gasteiger partial charge in [-0.15, -0.1) is 0 Å². The normalized spacial score (nSPS) is 14.1. The third kappa shape index (κ3) is 2.71. The predicted octanol–water partition coefficient (Wildman–Crippen LogP) is 1.46. The fourth-order valence-corrected chi connectivity index (χ4v) is 1.59. The molecule has 1 aliphatic rings. The third-order valence-electron chi connectivity index (χ3n) is 2.57. The van der Waals surface area contributed by atoms with Gasteiger partial charge in [-0.3, -0.25) is 9.59 Å². The van der Waals surface area contributed by atoms with Gasteiger partial charge in [0.1, 0.15) is 0 Å². The van der Waals surface area contributed by atoms with Crippen LogP contribution >= 0.6 is 0 Å². The number of ether oxygens (including phenoxy) is 2. The zero-order chi connectivity index (χ0) is 13.1. The summed E-state index contributed by atoms with van der Waals surface area (Å²) in [5.41, 5.74) is 0.557. The highest BCUT2D eigenvalue weighted by Gasteiger charge is 2.18. The number of amides is 1. The van der Waals surface area contributed by atoms with Crippen molar-refractivity contribution in [2.75, 3.05) is 12.1 Å². The lowest BCUT2D eigenvalue weighted by atomic mass is 10.1. The number of fused-ring (bicyclic) bond motifs is 1. The summed E-state index contributed by atoms with van der Waals surface area (Å²) in [6.07, 6.45) is -0.198. The number of hydrogen-bond acceptors (Lipinski definition) is 4. The van der Waals surface area contributed by atoms with E-state index in [1.54, 1.807) is 25.1 Å². The Bertz CT molecular complexity index is 485. The second-order valence-electron chi connectivity index (χ2n) is 4.06. The molecule has 2 rings (SSSR count). The van der Waals surface area contributed by atoms with E-state index in [4.69, 9.17) is 14.6 Å². The number of rotatable bonds is 4. The highest BCUT2D eigenvalue weighted by molar-refractivity contribution is 5.94. The van der Waals surface area contributed by atoms with Crippen molar-refractivity contribution in [1.82, 2.24) is 0 Å². The summed E-state index contributed by atoms with van der Waals surface area (Å²) in [5, 5.41) is 11.2. The zero-order valence-electron chi connectivity index (χ0n) is 9.80. The number of carbonyl (C=O) groups excluding carboxylic acids is 1. The average Bonchev–Trinajstić information content (AvgIpc) is 2.75. The van der Waals surface area contributed by atoms with E-state index in [9.17, 15) is 9.59 Å². The molecule has 0 spiro atoms. The molecule has 1 unspecified atom stereocenters. The fourth-order valence-electron chi connectivity index (χ4n) is 1.59. The van der Waals surface area contributed by atoms with Gasteiger partial charge in [-0.1, -0.05) is 6.92 Å². The minimum Gasteiger partial charge on any atom is -0.481 e. The van der Waals surface area contributed by atoms with Crippen molar-refractivity contribution in [3.05, 3.63) is 18.2 Å². The van der Waals surface area contributed by atoms with E-state index in [0.717, 1.165) is 0 Å². The highest BCUT2D eigenvalue weighted by Crippen LogP contribution is 2.34. The van der Waals surface area contributed by atoms with E-state index >= 15 is 0 Å². The van der Waals surface area contributed by atoms with Crippen LogP contribution in [0.1, 0.15) is 13.3 Å². The van der Waals surface area contributed by atoms with Crippen LogP contribution in [0.2, 0.25) is 0 Å². The first-order chi connectivity index (χ1) is 8.56. The monoisotopic (exact) mass is 251 g/mol. The quantitative estimate of drug-likeness (QED) is 0.846. The Labute approximate surface area is 104 Å². The van der Waals surface area contributed by atoms with E-state index in [-0.39, 0.29) is 19.1 Å². The maximum atomic E-state index is 11.7. The van der Waals surface area contributed by atoms with Gasteiger partial charge in [0, 0.05) is 17.7 Å². The van der Waals surface area contributed by atoms with Crippen molar-refractivity contribution >= 4 is 17.6 Å². The number of benzene rings is 1. The summed E-state index contributed by atoms with van der Waals surface area (Å²) in [4.78, 5) is 22.2. The van der Waals surface area contributed by atoms with Crippen LogP contribution in [-0.4, -0.2) is 23.8 Å². The summed E-state index contributed by atoms with van der Waals surface area (Å²) in [6, 6.07) is 5.02. The Kier molecular flexibility index (Phi) is 3.36. The average molecular weight is 251 g/mol. The molecule has 0 aliphatic carbocycles. The van der Waals surface area contributed by atoms with Crippen LogP contribution in [0.3, 0.4) is 0 Å². The van der Waals surface area contributed by atoms with E-state index in [1.807, 2.05) is 0 Å². The first-order valence-electron chi connectivity index (χ1n) is 5.48. The number of nitrogens with one attached hydrogen (secondary N) is 1. The number of carboxylic acids is 1. The van der Waals surface area contributed by atoms with Crippen molar-refractivity contribution in [2.24, 2.45) is 5.92 Å². The van der Waals surface area contributed by atoms with Gasteiger partial charge in [-0.25, -0.2) is 0 Å². The molecular formula is C12H13NO5. The maximum absolute atomic E-state index is 11.7. The van der Waals surface area contributed by atoms with Gasteiger partial charge < -0.3 is 19.9 Å². The lowest BCUT2D eigenvalue weighted by Gasteiger charge is -2.10. The van der Waals surface area contributed by atoms with Crippen LogP contribution in [0.5, 0.6) is 11.5 Å². The minimum absolute atomic E-state index is 0.169. The zero-order valence-corrected chi connectivity index (χ0v) is 9.80. The molecule has 0 fully saturated rings. The summed E-state index contributed by atoms with van der Waals surface area (Å²) >= 11 is 0. The van der Waals surface area contributed by atoms with Gasteiger partial charge in [-0.2, -0.15) is 0 Å². The molecule has 96 valence electrons. The van der Waals surface area contributed by atoms with Gasteiger partial charge in [0.15, 0.2) is 11.5 Å². The molecule has 18 heavy (non-hydrogen) atoms. The molecule has 0 saturated carbocycles. The van der Waals surface area contributed by atoms with E-state index in [1.165, 1.54) is 0 Å². The molecule has 6 nitrogen and oxygen atoms in total. The molecule has 1 amide bonds. The van der Waals surface area contributed by atoms with Gasteiger partial charge in [0.2, 0.25) is 12.7 Å². The van der Waals surface area contributed by atoms with Gasteiger partial charge in [0.05, 0.1) is 6.42 Å². The molecule has 0 saturated heterocycles. The van der Waals surface area contributed by atoms with Crippen LogP contribution in [0.15, 0.2) is 18.2 Å². The van der Waals surface area contributed by atoms with Gasteiger partial charge in [0.25, 0.3) is 0 Å². The standard InChI is InChI=1S/C12H13NO5/c1-7(4-11(14)15)12(16)13-8-2-3-9-10(5-8)18-6-17-9/h2-3,5,7H,4,6H2,1H3,(H,13,16)(H,14,15). The number of anilines is 1. The molecular weight excluding hydrogens is 238 g/mol. The van der Waals surface area contributed by atoms with Crippen molar-refractivity contribution in [1.29, 1.82) is 0 Å². The molecule has 1 heterocycles. The minimum atomic E-state index is -0.997. The Hall–Kier alpha value is -2.24. The van der Waals surface area contributed by atoms with Crippen molar-refractivity contribution in [3.8, 4) is 11.5 Å². The molecule has 0 bridgehead atoms. The molecule has 1 aromatic carbocycles. The second kappa shape index (κ2) is 4.95. The van der Waals surface area contributed by atoms with Crippen LogP contribution in [0, 0.1) is 5.92 Å². The predicted molar refractivity (Wildman–Crippen MR) is 62.6 cm³/mol. The van der Waals surface area contributed by atoms with Crippen LogP contribution in [0.25, 0.3) is 0 Å². The molecule has 0 aromatic heterocycles. The lowest BCUT2D eigenvalue weighted by Crippen LogP contribution is -2.22. The topological polar surface area (TPSA) is 84.9 Å².